The summed E-state index contributed by atoms with van der Waals surface area (Å²) in [6.45, 7) is 4.81. The quantitative estimate of drug-likeness (QED) is 0.758. The molecule has 2 saturated heterocycles. The molecule has 6 bridgehead atoms. The summed E-state index contributed by atoms with van der Waals surface area (Å²) >= 11 is 0. The van der Waals surface area contributed by atoms with E-state index in [1.807, 2.05) is 30.0 Å². The molecule has 6 fully saturated rings. The van der Waals surface area contributed by atoms with Gasteiger partial charge in [-0.15, -0.1) is 0 Å². The molecule has 2 amide bonds. The fourth-order valence-electron chi connectivity index (χ4n) is 7.83. The molecular weight excluding hydrogens is 402 g/mol. The van der Waals surface area contributed by atoms with E-state index < -0.39 is 0 Å². The SMILES string of the molecule is Cc1ccc(C(=O)N2C[C@H]3CNC[C@@H](C2)O3)cc1NC(=O)CC12CC3CC(CC(C3)C1)C2. The smallest absolute Gasteiger partial charge is 0.254 e. The minimum absolute atomic E-state index is 0.0294. The van der Waals surface area contributed by atoms with Gasteiger partial charge in [0.25, 0.3) is 5.91 Å². The summed E-state index contributed by atoms with van der Waals surface area (Å²) in [6, 6.07) is 5.71. The molecule has 0 unspecified atom stereocenters. The molecule has 6 heteroatoms. The molecule has 2 heterocycles. The number of benzene rings is 1. The zero-order valence-corrected chi connectivity index (χ0v) is 19.1. The van der Waals surface area contributed by atoms with Gasteiger partial charge in [0.15, 0.2) is 0 Å². The van der Waals surface area contributed by atoms with Crippen molar-refractivity contribution < 1.29 is 14.3 Å². The molecule has 4 aliphatic carbocycles. The van der Waals surface area contributed by atoms with Gasteiger partial charge in [-0.2, -0.15) is 0 Å². The van der Waals surface area contributed by atoms with Gasteiger partial charge in [-0.3, -0.25) is 9.59 Å². The molecule has 32 heavy (non-hydrogen) atoms. The molecule has 6 nitrogen and oxygen atoms in total. The number of carbonyl (C=O) groups excluding carboxylic acids is 2. The average Bonchev–Trinajstić information content (AvgIpc) is 2.73. The minimum Gasteiger partial charge on any atom is -0.369 e. The molecule has 4 saturated carbocycles. The number of carbonyl (C=O) groups is 2. The van der Waals surface area contributed by atoms with E-state index in [4.69, 9.17) is 4.74 Å². The standard InChI is InChI=1S/C26H35N3O3/c1-16-2-3-20(25(31)29-14-21-12-27-13-22(15-29)32-21)7-23(16)28-24(30)11-26-8-17-4-18(9-26)6-19(5-17)10-26/h2-3,7,17-19,21-22,27H,4-6,8-15H2,1H3,(H,28,30)/t17?,18?,19?,21-,22+,26?. The highest BCUT2D eigenvalue weighted by atomic mass is 16.5. The molecule has 6 aliphatic rings. The Hall–Kier alpha value is -1.92. The van der Waals surface area contributed by atoms with E-state index in [-0.39, 0.29) is 29.4 Å². The maximum atomic E-state index is 13.2. The second kappa shape index (κ2) is 7.84. The van der Waals surface area contributed by atoms with Gasteiger partial charge in [-0.1, -0.05) is 6.07 Å². The van der Waals surface area contributed by atoms with Crippen molar-refractivity contribution in [3.05, 3.63) is 29.3 Å². The first-order valence-corrected chi connectivity index (χ1v) is 12.5. The summed E-state index contributed by atoms with van der Waals surface area (Å²) in [5.41, 5.74) is 2.65. The lowest BCUT2D eigenvalue weighted by atomic mass is 9.49. The Morgan fingerprint density at radius 2 is 1.69 bits per heavy atom. The van der Waals surface area contributed by atoms with Gasteiger partial charge in [-0.05, 0) is 86.3 Å². The average molecular weight is 438 g/mol. The molecule has 2 aliphatic heterocycles. The summed E-state index contributed by atoms with van der Waals surface area (Å²) in [4.78, 5) is 28.3. The van der Waals surface area contributed by atoms with Crippen molar-refractivity contribution in [2.24, 2.45) is 23.2 Å². The van der Waals surface area contributed by atoms with Crippen molar-refractivity contribution in [2.45, 2.75) is 64.1 Å². The Kier molecular flexibility index (Phi) is 5.06. The van der Waals surface area contributed by atoms with Gasteiger partial charge >= 0.3 is 0 Å². The second-order valence-electron chi connectivity index (χ2n) is 11.4. The topological polar surface area (TPSA) is 70.7 Å². The number of anilines is 1. The van der Waals surface area contributed by atoms with E-state index >= 15 is 0 Å². The third-order valence-electron chi connectivity index (χ3n) is 8.72. The van der Waals surface area contributed by atoms with Crippen LogP contribution in [-0.4, -0.2) is 55.1 Å². The van der Waals surface area contributed by atoms with Crippen LogP contribution in [-0.2, 0) is 9.53 Å². The van der Waals surface area contributed by atoms with Crippen molar-refractivity contribution in [1.29, 1.82) is 0 Å². The van der Waals surface area contributed by atoms with Gasteiger partial charge in [0, 0.05) is 43.9 Å². The lowest BCUT2D eigenvalue weighted by Gasteiger charge is -2.56. The first kappa shape index (κ1) is 20.7. The maximum Gasteiger partial charge on any atom is 0.254 e. The van der Waals surface area contributed by atoms with Crippen LogP contribution < -0.4 is 10.6 Å². The number of nitrogens with zero attached hydrogens (tertiary/aromatic N) is 1. The van der Waals surface area contributed by atoms with Crippen LogP contribution in [0.15, 0.2) is 18.2 Å². The highest BCUT2D eigenvalue weighted by molar-refractivity contribution is 5.98. The summed E-state index contributed by atoms with van der Waals surface area (Å²) < 4.78 is 5.94. The Morgan fingerprint density at radius 1 is 1.06 bits per heavy atom. The van der Waals surface area contributed by atoms with Crippen LogP contribution in [0.2, 0.25) is 0 Å². The number of aryl methyl sites for hydroxylation is 1. The normalized spacial score (nSPS) is 37.4. The van der Waals surface area contributed by atoms with E-state index in [1.54, 1.807) is 0 Å². The van der Waals surface area contributed by atoms with E-state index in [1.165, 1.54) is 38.5 Å². The first-order valence-electron chi connectivity index (χ1n) is 12.5. The molecule has 172 valence electrons. The minimum atomic E-state index is 0.0294. The zero-order valence-electron chi connectivity index (χ0n) is 19.1. The Labute approximate surface area is 190 Å². The third kappa shape index (κ3) is 3.86. The van der Waals surface area contributed by atoms with Crippen LogP contribution in [0.3, 0.4) is 0 Å². The van der Waals surface area contributed by atoms with E-state index in [9.17, 15) is 9.59 Å². The van der Waals surface area contributed by atoms with Crippen LogP contribution in [0.1, 0.15) is 60.9 Å². The van der Waals surface area contributed by atoms with Gasteiger partial charge in [0.05, 0.1) is 12.2 Å². The molecule has 0 aromatic heterocycles. The summed E-state index contributed by atoms with van der Waals surface area (Å²) in [5.74, 6) is 2.69. The number of nitrogens with one attached hydrogen (secondary N) is 2. The monoisotopic (exact) mass is 437 g/mol. The third-order valence-corrected chi connectivity index (χ3v) is 8.72. The summed E-state index contributed by atoms with van der Waals surface area (Å²) in [6.07, 6.45) is 8.64. The van der Waals surface area contributed by atoms with Gasteiger partial charge in [-0.25, -0.2) is 0 Å². The van der Waals surface area contributed by atoms with Crippen molar-refractivity contribution in [1.82, 2.24) is 10.2 Å². The molecule has 0 spiro atoms. The van der Waals surface area contributed by atoms with Crippen molar-refractivity contribution in [3.8, 4) is 0 Å². The molecule has 2 N–H and O–H groups in total. The Morgan fingerprint density at radius 3 is 2.31 bits per heavy atom. The molecule has 0 radical (unpaired) electrons. The molecule has 2 atom stereocenters. The Balaban J connectivity index is 1.14. The van der Waals surface area contributed by atoms with Crippen LogP contribution in [0.5, 0.6) is 0 Å². The van der Waals surface area contributed by atoms with Crippen LogP contribution >= 0.6 is 0 Å². The highest BCUT2D eigenvalue weighted by Crippen LogP contribution is 2.61. The lowest BCUT2D eigenvalue weighted by Crippen LogP contribution is -2.59. The number of hydrogen-bond acceptors (Lipinski definition) is 4. The van der Waals surface area contributed by atoms with Gasteiger partial charge < -0.3 is 20.3 Å². The molecule has 7 rings (SSSR count). The van der Waals surface area contributed by atoms with Crippen LogP contribution in [0.25, 0.3) is 0 Å². The number of amides is 2. The predicted octanol–water partition coefficient (Wildman–Crippen LogP) is 3.35. The Bertz CT molecular complexity index is 882. The molecule has 1 aromatic carbocycles. The fourth-order valence-corrected chi connectivity index (χ4v) is 7.83. The number of morpholine rings is 2. The van der Waals surface area contributed by atoms with Crippen molar-refractivity contribution in [3.63, 3.8) is 0 Å². The predicted molar refractivity (Wildman–Crippen MR) is 122 cm³/mol. The first-order chi connectivity index (χ1) is 15.4. The van der Waals surface area contributed by atoms with E-state index in [2.05, 4.69) is 10.6 Å². The summed E-state index contributed by atoms with van der Waals surface area (Å²) in [7, 11) is 0. The second-order valence-corrected chi connectivity index (χ2v) is 11.4. The lowest BCUT2D eigenvalue weighted by molar-refractivity contribution is -0.124. The van der Waals surface area contributed by atoms with E-state index in [0.29, 0.717) is 25.1 Å². The zero-order chi connectivity index (χ0) is 21.9. The number of hydrogen-bond donors (Lipinski definition) is 2. The fraction of sp³-hybridized carbons (Fsp3) is 0.692. The molecular formula is C26H35N3O3. The van der Waals surface area contributed by atoms with Crippen LogP contribution in [0.4, 0.5) is 5.69 Å². The number of fused-ring (bicyclic) bond motifs is 2. The maximum absolute atomic E-state index is 13.2. The largest absolute Gasteiger partial charge is 0.369 e. The van der Waals surface area contributed by atoms with Crippen molar-refractivity contribution >= 4 is 17.5 Å². The van der Waals surface area contributed by atoms with Crippen LogP contribution in [0, 0.1) is 30.1 Å². The summed E-state index contributed by atoms with van der Waals surface area (Å²) in [5, 5.41) is 6.55. The highest BCUT2D eigenvalue weighted by Gasteiger charge is 2.51. The van der Waals surface area contributed by atoms with E-state index in [0.717, 1.165) is 42.1 Å². The van der Waals surface area contributed by atoms with Crippen molar-refractivity contribution in [2.75, 3.05) is 31.5 Å². The van der Waals surface area contributed by atoms with Gasteiger partial charge in [0.1, 0.15) is 0 Å². The number of ether oxygens (including phenoxy) is 1. The molecule has 1 aromatic rings. The van der Waals surface area contributed by atoms with Gasteiger partial charge in [0.2, 0.25) is 5.91 Å². The number of rotatable bonds is 4.